The second kappa shape index (κ2) is 8.72. The molecule has 0 saturated heterocycles. The normalized spacial score (nSPS) is 16.5. The minimum Gasteiger partial charge on any atom is -0.480 e. The van der Waals surface area contributed by atoms with E-state index in [2.05, 4.69) is 27.1 Å². The van der Waals surface area contributed by atoms with E-state index in [0.717, 1.165) is 19.3 Å². The molecule has 7 nitrogen and oxygen atoms in total. The highest BCUT2D eigenvalue weighted by atomic mass is 16.4. The second-order valence-corrected chi connectivity index (χ2v) is 7.06. The number of hydrogen-bond acceptors (Lipinski definition) is 4. The van der Waals surface area contributed by atoms with Gasteiger partial charge in [-0.15, -0.1) is 0 Å². The Labute approximate surface area is 163 Å². The van der Waals surface area contributed by atoms with Gasteiger partial charge in [0.05, 0.1) is 6.33 Å². The van der Waals surface area contributed by atoms with Gasteiger partial charge in [0.15, 0.2) is 0 Å². The number of benzene rings is 1. The van der Waals surface area contributed by atoms with Crippen LogP contribution in [0.3, 0.4) is 0 Å². The Morgan fingerprint density at radius 3 is 2.54 bits per heavy atom. The minimum absolute atomic E-state index is 0.114. The average molecular weight is 381 g/mol. The Balaban J connectivity index is 1.63. The summed E-state index contributed by atoms with van der Waals surface area (Å²) in [6.45, 7) is 0. The number of aliphatic hydroxyl groups is 1. The third-order valence-electron chi connectivity index (χ3n) is 4.85. The van der Waals surface area contributed by atoms with E-state index in [4.69, 9.17) is 0 Å². The molecule has 1 heterocycles. The summed E-state index contributed by atoms with van der Waals surface area (Å²) in [4.78, 5) is 30.5. The summed E-state index contributed by atoms with van der Waals surface area (Å²) in [5.74, 6) is 4.33. The zero-order valence-corrected chi connectivity index (χ0v) is 15.4. The molecule has 0 radical (unpaired) electrons. The highest BCUT2D eigenvalue weighted by Crippen LogP contribution is 2.27. The fraction of sp³-hybridized carbons (Fsp3) is 0.381. The number of aromatic amines is 1. The van der Waals surface area contributed by atoms with Crippen LogP contribution in [0.4, 0.5) is 0 Å². The van der Waals surface area contributed by atoms with Crippen molar-refractivity contribution in [3.63, 3.8) is 0 Å². The van der Waals surface area contributed by atoms with E-state index in [0.29, 0.717) is 29.7 Å². The van der Waals surface area contributed by atoms with E-state index in [1.807, 2.05) is 0 Å². The maximum atomic E-state index is 12.4. The lowest BCUT2D eigenvalue weighted by Crippen LogP contribution is -2.42. The molecule has 0 spiro atoms. The van der Waals surface area contributed by atoms with Crippen LogP contribution in [0.25, 0.3) is 0 Å². The number of rotatable bonds is 5. The van der Waals surface area contributed by atoms with Gasteiger partial charge in [0.1, 0.15) is 11.6 Å². The van der Waals surface area contributed by atoms with Gasteiger partial charge in [0, 0.05) is 29.4 Å². The first-order chi connectivity index (χ1) is 13.5. The molecule has 0 unspecified atom stereocenters. The maximum Gasteiger partial charge on any atom is 0.326 e. The first kappa shape index (κ1) is 19.6. The third-order valence-corrected chi connectivity index (χ3v) is 4.85. The van der Waals surface area contributed by atoms with Crippen molar-refractivity contribution in [2.45, 2.75) is 50.2 Å². The molecule has 2 aromatic rings. The summed E-state index contributed by atoms with van der Waals surface area (Å²) in [6, 6.07) is 5.52. The Bertz CT molecular complexity index is 873. The number of amides is 1. The predicted octanol–water partition coefficient (Wildman–Crippen LogP) is 1.88. The largest absolute Gasteiger partial charge is 0.480 e. The Morgan fingerprint density at radius 1 is 1.21 bits per heavy atom. The van der Waals surface area contributed by atoms with Crippen molar-refractivity contribution in [3.05, 3.63) is 53.6 Å². The number of aromatic nitrogens is 2. The number of carbonyl (C=O) groups excluding carboxylic acids is 1. The van der Waals surface area contributed by atoms with Crippen LogP contribution in [0.2, 0.25) is 0 Å². The van der Waals surface area contributed by atoms with Crippen LogP contribution in [0.1, 0.15) is 53.7 Å². The molecule has 1 fully saturated rings. The molecule has 1 aliphatic rings. The number of aliphatic carboxylic acids is 1. The molecule has 1 aliphatic carbocycles. The highest BCUT2D eigenvalue weighted by molar-refractivity contribution is 5.96. The summed E-state index contributed by atoms with van der Waals surface area (Å²) in [5.41, 5.74) is 0.745. The predicted molar refractivity (Wildman–Crippen MR) is 103 cm³/mol. The van der Waals surface area contributed by atoms with Gasteiger partial charge >= 0.3 is 5.97 Å². The molecular formula is C21H23N3O4. The molecule has 1 amide bonds. The van der Waals surface area contributed by atoms with Gasteiger partial charge in [-0.05, 0) is 49.9 Å². The topological polar surface area (TPSA) is 115 Å². The number of carboxylic acid groups (broad SMARTS) is 1. The number of H-pyrrole nitrogens is 1. The van der Waals surface area contributed by atoms with Crippen LogP contribution in [-0.2, 0) is 11.2 Å². The van der Waals surface area contributed by atoms with Crippen molar-refractivity contribution in [3.8, 4) is 11.8 Å². The van der Waals surface area contributed by atoms with Crippen LogP contribution in [0.5, 0.6) is 0 Å². The van der Waals surface area contributed by atoms with E-state index < -0.39 is 23.5 Å². The van der Waals surface area contributed by atoms with Crippen LogP contribution >= 0.6 is 0 Å². The Kier molecular flexibility index (Phi) is 6.12. The van der Waals surface area contributed by atoms with Gasteiger partial charge < -0.3 is 20.5 Å². The summed E-state index contributed by atoms with van der Waals surface area (Å²) < 4.78 is 0. The van der Waals surface area contributed by atoms with E-state index in [9.17, 15) is 19.8 Å². The summed E-state index contributed by atoms with van der Waals surface area (Å²) >= 11 is 0. The smallest absolute Gasteiger partial charge is 0.326 e. The molecule has 1 saturated carbocycles. The third kappa shape index (κ3) is 5.21. The van der Waals surface area contributed by atoms with Gasteiger partial charge in [-0.3, -0.25) is 4.79 Å². The molecular weight excluding hydrogens is 358 g/mol. The van der Waals surface area contributed by atoms with Crippen LogP contribution in [0, 0.1) is 11.8 Å². The molecule has 0 bridgehead atoms. The Hall–Kier alpha value is -3.11. The van der Waals surface area contributed by atoms with Crippen molar-refractivity contribution in [2.75, 3.05) is 0 Å². The van der Waals surface area contributed by atoms with Crippen LogP contribution in [-0.4, -0.2) is 43.7 Å². The van der Waals surface area contributed by atoms with Crippen molar-refractivity contribution in [2.24, 2.45) is 0 Å². The van der Waals surface area contributed by atoms with Crippen molar-refractivity contribution < 1.29 is 19.8 Å². The molecule has 0 aliphatic heterocycles. The SMILES string of the molecule is O=C(N[C@H](Cc1cnc[nH]1)C(=O)O)c1ccc(C#CC2(O)CCCCC2)cc1. The molecule has 7 heteroatoms. The first-order valence-electron chi connectivity index (χ1n) is 9.32. The number of nitrogens with one attached hydrogen (secondary N) is 2. The monoisotopic (exact) mass is 381 g/mol. The Morgan fingerprint density at radius 2 is 1.93 bits per heavy atom. The molecule has 4 N–H and O–H groups in total. The van der Waals surface area contributed by atoms with E-state index in [1.165, 1.54) is 12.5 Å². The quantitative estimate of drug-likeness (QED) is 0.590. The van der Waals surface area contributed by atoms with E-state index in [-0.39, 0.29) is 6.42 Å². The number of carbonyl (C=O) groups is 2. The number of hydrogen-bond donors (Lipinski definition) is 4. The minimum atomic E-state index is -1.12. The van der Waals surface area contributed by atoms with Crippen LogP contribution in [0.15, 0.2) is 36.8 Å². The van der Waals surface area contributed by atoms with Gasteiger partial charge in [0.2, 0.25) is 0 Å². The highest BCUT2D eigenvalue weighted by Gasteiger charge is 2.26. The zero-order chi connectivity index (χ0) is 20.0. The van der Waals surface area contributed by atoms with E-state index >= 15 is 0 Å². The second-order valence-electron chi connectivity index (χ2n) is 7.06. The van der Waals surface area contributed by atoms with Gasteiger partial charge in [-0.1, -0.05) is 18.3 Å². The summed E-state index contributed by atoms with van der Waals surface area (Å²) in [5, 5.41) is 22.3. The lowest BCUT2D eigenvalue weighted by Gasteiger charge is -2.26. The standard InChI is InChI=1S/C21H23N3O4/c25-19(24-18(20(26)27)12-17-13-22-14-23-17)16-6-4-15(5-7-16)8-11-21(28)9-2-1-3-10-21/h4-7,13-14,18,28H,1-3,9-10,12H2,(H,22,23)(H,24,25)(H,26,27)/t18-/m1/s1. The molecule has 1 aromatic heterocycles. The summed E-state index contributed by atoms with van der Waals surface area (Å²) in [7, 11) is 0. The average Bonchev–Trinajstić information content (AvgIpc) is 3.20. The molecule has 3 rings (SSSR count). The number of nitrogens with zero attached hydrogens (tertiary/aromatic N) is 1. The fourth-order valence-electron chi connectivity index (χ4n) is 3.21. The van der Waals surface area contributed by atoms with Crippen molar-refractivity contribution in [1.29, 1.82) is 0 Å². The molecule has 28 heavy (non-hydrogen) atoms. The zero-order valence-electron chi connectivity index (χ0n) is 15.4. The molecule has 1 aromatic carbocycles. The van der Waals surface area contributed by atoms with Gasteiger partial charge in [0.25, 0.3) is 5.91 Å². The molecule has 1 atom stereocenters. The molecule has 146 valence electrons. The fourth-order valence-corrected chi connectivity index (χ4v) is 3.21. The number of carboxylic acids is 1. The number of imidazole rings is 1. The van der Waals surface area contributed by atoms with E-state index in [1.54, 1.807) is 24.3 Å². The van der Waals surface area contributed by atoms with Crippen molar-refractivity contribution >= 4 is 11.9 Å². The van der Waals surface area contributed by atoms with Gasteiger partial charge in [-0.25, -0.2) is 9.78 Å². The van der Waals surface area contributed by atoms with Gasteiger partial charge in [-0.2, -0.15) is 0 Å². The lowest BCUT2D eigenvalue weighted by molar-refractivity contribution is -0.139. The van der Waals surface area contributed by atoms with Crippen molar-refractivity contribution in [1.82, 2.24) is 15.3 Å². The maximum absolute atomic E-state index is 12.4. The lowest BCUT2D eigenvalue weighted by atomic mass is 9.85. The summed E-state index contributed by atoms with van der Waals surface area (Å²) in [6.07, 6.45) is 7.56. The van der Waals surface area contributed by atoms with Crippen LogP contribution < -0.4 is 5.32 Å². The first-order valence-corrected chi connectivity index (χ1v) is 9.32.